The van der Waals surface area contributed by atoms with Crippen molar-refractivity contribution in [2.75, 3.05) is 19.8 Å². The predicted octanol–water partition coefficient (Wildman–Crippen LogP) is 2.57. The van der Waals surface area contributed by atoms with E-state index in [2.05, 4.69) is 5.32 Å². The number of ether oxygens (including phenoxy) is 2. The second kappa shape index (κ2) is 9.49. The van der Waals surface area contributed by atoms with E-state index in [1.165, 1.54) is 12.1 Å². The van der Waals surface area contributed by atoms with E-state index in [0.717, 1.165) is 11.1 Å². The van der Waals surface area contributed by atoms with Crippen LogP contribution in [0.1, 0.15) is 27.9 Å². The molecule has 29 heavy (non-hydrogen) atoms. The number of benzene rings is 2. The van der Waals surface area contributed by atoms with Gasteiger partial charge in [0, 0.05) is 13.0 Å². The molecular weight excluding hydrogens is 394 g/mol. The number of carbonyl (C=O) groups is 1. The van der Waals surface area contributed by atoms with E-state index in [9.17, 15) is 13.2 Å². The molecule has 0 aromatic heterocycles. The second-order valence-corrected chi connectivity index (χ2v) is 8.55. The zero-order chi connectivity index (χ0) is 20.9. The van der Waals surface area contributed by atoms with Crippen LogP contribution in [0.2, 0.25) is 0 Å². The molecule has 1 fully saturated rings. The number of hydrogen-bond acceptors (Lipinski definition) is 7. The number of aryl methyl sites for hydroxylation is 2. The van der Waals surface area contributed by atoms with E-state index in [1.807, 2.05) is 26.0 Å². The van der Waals surface area contributed by atoms with Gasteiger partial charge < -0.3 is 9.47 Å². The van der Waals surface area contributed by atoms with Crippen LogP contribution in [0.15, 0.2) is 53.4 Å². The van der Waals surface area contributed by atoms with Gasteiger partial charge in [-0.2, -0.15) is 8.42 Å². The fourth-order valence-corrected chi connectivity index (χ4v) is 3.90. The molecular formula is C21H25NO6S. The molecule has 1 aliphatic rings. The first-order valence-corrected chi connectivity index (χ1v) is 10.8. The van der Waals surface area contributed by atoms with Gasteiger partial charge in [-0.25, -0.2) is 4.79 Å². The van der Waals surface area contributed by atoms with Gasteiger partial charge >= 0.3 is 5.97 Å². The molecule has 8 heteroatoms. The molecule has 0 amide bonds. The van der Waals surface area contributed by atoms with Gasteiger partial charge in [-0.15, -0.1) is 0 Å². The summed E-state index contributed by atoms with van der Waals surface area (Å²) in [5, 5.41) is 3.09. The minimum Gasteiger partial charge on any atom is -0.443 e. The normalized spacial score (nSPS) is 19.2. The van der Waals surface area contributed by atoms with Crippen molar-refractivity contribution in [1.82, 2.24) is 5.32 Å². The van der Waals surface area contributed by atoms with Crippen LogP contribution in [-0.2, 0) is 23.8 Å². The quantitative estimate of drug-likeness (QED) is 0.399. The Bertz CT molecular complexity index is 942. The lowest BCUT2D eigenvalue weighted by Crippen LogP contribution is -2.27. The first-order valence-electron chi connectivity index (χ1n) is 9.43. The lowest BCUT2D eigenvalue weighted by atomic mass is 10.1. The first-order chi connectivity index (χ1) is 13.8. The Labute approximate surface area is 171 Å². The van der Waals surface area contributed by atoms with E-state index >= 15 is 0 Å². The van der Waals surface area contributed by atoms with Crippen LogP contribution < -0.4 is 5.32 Å². The van der Waals surface area contributed by atoms with Gasteiger partial charge in [-0.05, 0) is 37.6 Å². The fraction of sp³-hybridized carbons (Fsp3) is 0.381. The summed E-state index contributed by atoms with van der Waals surface area (Å²) in [5.41, 5.74) is 2.36. The zero-order valence-electron chi connectivity index (χ0n) is 16.5. The Morgan fingerprint density at radius 3 is 2.52 bits per heavy atom. The van der Waals surface area contributed by atoms with Gasteiger partial charge in [-0.3, -0.25) is 9.50 Å². The maximum absolute atomic E-state index is 12.3. The molecule has 0 spiro atoms. The van der Waals surface area contributed by atoms with E-state index in [4.69, 9.17) is 13.7 Å². The van der Waals surface area contributed by atoms with E-state index in [1.54, 1.807) is 24.3 Å². The molecule has 1 heterocycles. The molecule has 1 N–H and O–H groups in total. The van der Waals surface area contributed by atoms with E-state index < -0.39 is 16.3 Å². The topological polar surface area (TPSA) is 90.9 Å². The Morgan fingerprint density at radius 1 is 1.07 bits per heavy atom. The molecule has 2 atom stereocenters. The minimum absolute atomic E-state index is 0.0830. The number of esters is 1. The molecule has 1 aliphatic heterocycles. The first kappa shape index (κ1) is 21.4. The SMILES string of the molecule is Cc1ccc(S(=O)(=O)OCCO[C@H]2CN[C@@H](OC(=O)c3ccccc3C)C2)cc1. The van der Waals surface area contributed by atoms with Crippen molar-refractivity contribution in [3.8, 4) is 0 Å². The van der Waals surface area contributed by atoms with Crippen LogP contribution in [0.25, 0.3) is 0 Å². The van der Waals surface area contributed by atoms with Gasteiger partial charge in [0.15, 0.2) is 6.23 Å². The molecule has 0 bridgehead atoms. The predicted molar refractivity (Wildman–Crippen MR) is 107 cm³/mol. The molecule has 0 aliphatic carbocycles. The summed E-state index contributed by atoms with van der Waals surface area (Å²) in [4.78, 5) is 12.4. The van der Waals surface area contributed by atoms with Crippen molar-refractivity contribution in [3.05, 3.63) is 65.2 Å². The van der Waals surface area contributed by atoms with Crippen LogP contribution >= 0.6 is 0 Å². The van der Waals surface area contributed by atoms with Crippen LogP contribution in [0, 0.1) is 13.8 Å². The third-order valence-corrected chi connectivity index (χ3v) is 5.98. The highest BCUT2D eigenvalue weighted by Gasteiger charge is 2.28. The third-order valence-electron chi connectivity index (χ3n) is 4.65. The average Bonchev–Trinajstić information content (AvgIpc) is 3.13. The molecule has 0 radical (unpaired) electrons. The average molecular weight is 419 g/mol. The molecule has 7 nitrogen and oxygen atoms in total. The number of hydrogen-bond donors (Lipinski definition) is 1. The largest absolute Gasteiger partial charge is 0.443 e. The van der Waals surface area contributed by atoms with Crippen molar-refractivity contribution in [3.63, 3.8) is 0 Å². The van der Waals surface area contributed by atoms with Crippen molar-refractivity contribution >= 4 is 16.1 Å². The van der Waals surface area contributed by atoms with Gasteiger partial charge in [-0.1, -0.05) is 35.9 Å². The standard InChI is InChI=1S/C21H25NO6S/c1-15-7-9-18(10-8-15)29(24,25)27-12-11-26-17-13-20(22-14-17)28-21(23)19-6-4-3-5-16(19)2/h3-10,17,20,22H,11-14H2,1-2H3/t17-,20+/m1/s1. The number of carbonyl (C=O) groups excluding carboxylic acids is 1. The molecule has 0 unspecified atom stereocenters. The number of rotatable bonds is 8. The van der Waals surface area contributed by atoms with E-state index in [-0.39, 0.29) is 30.2 Å². The highest BCUT2D eigenvalue weighted by Crippen LogP contribution is 2.16. The van der Waals surface area contributed by atoms with Crippen molar-refractivity contribution in [2.24, 2.45) is 0 Å². The molecule has 156 valence electrons. The number of nitrogens with one attached hydrogen (secondary N) is 1. The smallest absolute Gasteiger partial charge is 0.339 e. The maximum Gasteiger partial charge on any atom is 0.339 e. The summed E-state index contributed by atoms with van der Waals surface area (Å²) < 4.78 is 40.4. The van der Waals surface area contributed by atoms with Gasteiger partial charge in [0.25, 0.3) is 10.1 Å². The van der Waals surface area contributed by atoms with Crippen molar-refractivity contribution in [1.29, 1.82) is 0 Å². The van der Waals surface area contributed by atoms with Crippen LogP contribution in [0.5, 0.6) is 0 Å². The van der Waals surface area contributed by atoms with Crippen molar-refractivity contribution < 1.29 is 26.9 Å². The monoisotopic (exact) mass is 419 g/mol. The summed E-state index contributed by atoms with van der Waals surface area (Å²) in [5.74, 6) is -0.381. The minimum atomic E-state index is -3.80. The summed E-state index contributed by atoms with van der Waals surface area (Å²) in [6, 6.07) is 13.7. The summed E-state index contributed by atoms with van der Waals surface area (Å²) in [7, 11) is -3.80. The van der Waals surface area contributed by atoms with Crippen LogP contribution in [-0.4, -0.2) is 46.5 Å². The summed E-state index contributed by atoms with van der Waals surface area (Å²) in [6.45, 7) is 4.29. The van der Waals surface area contributed by atoms with Crippen molar-refractivity contribution in [2.45, 2.75) is 37.5 Å². The lowest BCUT2D eigenvalue weighted by molar-refractivity contribution is 0.0135. The van der Waals surface area contributed by atoms with Gasteiger partial charge in [0.05, 0.1) is 29.8 Å². The third kappa shape index (κ3) is 5.86. The molecule has 2 aromatic rings. The van der Waals surface area contributed by atoms with Crippen LogP contribution in [0.4, 0.5) is 0 Å². The maximum atomic E-state index is 12.3. The Kier molecular flexibility index (Phi) is 7.02. The summed E-state index contributed by atoms with van der Waals surface area (Å²) in [6.07, 6.45) is -0.137. The highest BCUT2D eigenvalue weighted by molar-refractivity contribution is 7.86. The lowest BCUT2D eigenvalue weighted by Gasteiger charge is -2.14. The highest BCUT2D eigenvalue weighted by atomic mass is 32.2. The Morgan fingerprint density at radius 2 is 1.79 bits per heavy atom. The van der Waals surface area contributed by atoms with Gasteiger partial charge in [0.2, 0.25) is 0 Å². The Hall–Kier alpha value is -2.26. The zero-order valence-corrected chi connectivity index (χ0v) is 17.3. The fourth-order valence-electron chi connectivity index (χ4n) is 3.01. The van der Waals surface area contributed by atoms with E-state index in [0.29, 0.717) is 18.5 Å². The van der Waals surface area contributed by atoms with Gasteiger partial charge in [0.1, 0.15) is 0 Å². The Balaban J connectivity index is 1.40. The molecule has 0 saturated carbocycles. The summed E-state index contributed by atoms with van der Waals surface area (Å²) >= 11 is 0. The molecule has 1 saturated heterocycles. The second-order valence-electron chi connectivity index (χ2n) is 6.93. The molecule has 3 rings (SSSR count). The molecule has 2 aromatic carbocycles. The van der Waals surface area contributed by atoms with Crippen LogP contribution in [0.3, 0.4) is 0 Å².